The highest BCUT2D eigenvalue weighted by atomic mass is 35.5. The maximum Gasteiger partial charge on any atom is 0.267 e. The van der Waals surface area contributed by atoms with Crippen LogP contribution in [0.15, 0.2) is 6.20 Å². The Kier molecular flexibility index (Phi) is 3.81. The van der Waals surface area contributed by atoms with Gasteiger partial charge in [0.15, 0.2) is 0 Å². The van der Waals surface area contributed by atoms with Crippen LogP contribution in [0.5, 0.6) is 5.75 Å². The van der Waals surface area contributed by atoms with Gasteiger partial charge in [0, 0.05) is 5.56 Å². The molecule has 0 saturated carbocycles. The van der Waals surface area contributed by atoms with Crippen molar-refractivity contribution in [2.45, 2.75) is 18.7 Å². The van der Waals surface area contributed by atoms with Gasteiger partial charge in [-0.25, -0.2) is 8.78 Å². The van der Waals surface area contributed by atoms with Crippen molar-refractivity contribution in [3.05, 3.63) is 23.0 Å². The minimum Gasteiger partial charge on any atom is -0.506 e. The molecule has 0 aromatic carbocycles. The fourth-order valence-electron chi connectivity index (χ4n) is 1.23. The molecule has 0 fully saturated rings. The average Bonchev–Trinajstić information content (AvgIpc) is 2.18. The number of alkyl halides is 3. The van der Waals surface area contributed by atoms with Crippen LogP contribution < -0.4 is 0 Å². The normalized spacial score (nSPS) is 10.3. The fraction of sp³-hybridized carbons (Fsp3) is 0.333. The highest BCUT2D eigenvalue weighted by Gasteiger charge is 2.21. The molecule has 0 spiro atoms. The van der Waals surface area contributed by atoms with Crippen molar-refractivity contribution >= 4 is 11.6 Å². The van der Waals surface area contributed by atoms with Crippen LogP contribution in [0.4, 0.5) is 8.78 Å². The van der Waals surface area contributed by atoms with Crippen LogP contribution >= 0.6 is 11.6 Å². The van der Waals surface area contributed by atoms with E-state index >= 15 is 0 Å². The van der Waals surface area contributed by atoms with E-state index in [1.807, 2.05) is 0 Å². The van der Waals surface area contributed by atoms with E-state index in [2.05, 4.69) is 4.98 Å². The van der Waals surface area contributed by atoms with E-state index in [0.717, 1.165) is 6.20 Å². The molecule has 0 unspecified atom stereocenters. The molecule has 1 rings (SSSR count). The van der Waals surface area contributed by atoms with E-state index in [-0.39, 0.29) is 23.6 Å². The van der Waals surface area contributed by atoms with Gasteiger partial charge in [0.1, 0.15) is 5.75 Å². The Balaban J connectivity index is 3.38. The number of nitriles is 1. The van der Waals surface area contributed by atoms with Crippen molar-refractivity contribution in [3.63, 3.8) is 0 Å². The van der Waals surface area contributed by atoms with Gasteiger partial charge in [-0.3, -0.25) is 4.98 Å². The molecule has 0 aliphatic rings. The summed E-state index contributed by atoms with van der Waals surface area (Å²) < 4.78 is 25.2. The molecule has 3 nitrogen and oxygen atoms in total. The van der Waals surface area contributed by atoms with Crippen LogP contribution in [-0.4, -0.2) is 10.1 Å². The average molecular weight is 233 g/mol. The molecule has 1 aromatic rings. The highest BCUT2D eigenvalue weighted by Crippen LogP contribution is 2.32. The molecule has 1 N–H and O–H groups in total. The lowest BCUT2D eigenvalue weighted by Gasteiger charge is -2.10. The number of hydrogen-bond donors (Lipinski definition) is 1. The molecule has 0 bridgehead atoms. The van der Waals surface area contributed by atoms with Crippen LogP contribution in [-0.2, 0) is 12.3 Å². The van der Waals surface area contributed by atoms with Crippen molar-refractivity contribution < 1.29 is 13.9 Å². The summed E-state index contributed by atoms with van der Waals surface area (Å²) in [6, 6.07) is 1.74. The molecule has 0 amide bonds. The Morgan fingerprint density at radius 1 is 1.60 bits per heavy atom. The molecule has 0 aliphatic carbocycles. The number of aromatic hydroxyl groups is 1. The summed E-state index contributed by atoms with van der Waals surface area (Å²) in [6.07, 6.45) is -2.18. The largest absolute Gasteiger partial charge is 0.506 e. The van der Waals surface area contributed by atoms with E-state index < -0.39 is 17.7 Å². The standard InChI is InChI=1S/C9H7ClF2N2O/c10-3-6-5(1-2-13)8(9(11)12)7(15)4-14-6/h4,9,15H,1,3H2. The van der Waals surface area contributed by atoms with E-state index in [4.69, 9.17) is 16.9 Å². The fourth-order valence-corrected chi connectivity index (χ4v) is 1.46. The minimum absolute atomic E-state index is 0.0162. The van der Waals surface area contributed by atoms with Gasteiger partial charge in [0.05, 0.1) is 35.8 Å². The third-order valence-corrected chi connectivity index (χ3v) is 2.15. The maximum atomic E-state index is 12.6. The van der Waals surface area contributed by atoms with Crippen LogP contribution in [0.2, 0.25) is 0 Å². The topological polar surface area (TPSA) is 56.9 Å². The summed E-state index contributed by atoms with van der Waals surface area (Å²) >= 11 is 5.50. The van der Waals surface area contributed by atoms with Gasteiger partial charge in [-0.1, -0.05) is 0 Å². The van der Waals surface area contributed by atoms with E-state index in [1.54, 1.807) is 6.07 Å². The smallest absolute Gasteiger partial charge is 0.267 e. The number of halogens is 3. The van der Waals surface area contributed by atoms with E-state index in [1.165, 1.54) is 0 Å². The predicted molar refractivity (Wildman–Crippen MR) is 49.7 cm³/mol. The second-order valence-electron chi connectivity index (χ2n) is 2.75. The Morgan fingerprint density at radius 2 is 2.27 bits per heavy atom. The Labute approximate surface area is 89.9 Å². The molecule has 1 aromatic heterocycles. The molecule has 0 radical (unpaired) electrons. The molecule has 6 heteroatoms. The van der Waals surface area contributed by atoms with Gasteiger partial charge in [-0.2, -0.15) is 5.26 Å². The Bertz CT molecular complexity index is 404. The first kappa shape index (κ1) is 11.7. The van der Waals surface area contributed by atoms with Crippen LogP contribution in [0.25, 0.3) is 0 Å². The zero-order valence-electron chi connectivity index (χ0n) is 7.54. The number of nitrogens with zero attached hydrogens (tertiary/aromatic N) is 2. The van der Waals surface area contributed by atoms with Crippen LogP contribution in [0.1, 0.15) is 23.2 Å². The van der Waals surface area contributed by atoms with Crippen molar-refractivity contribution in [1.29, 1.82) is 5.26 Å². The first-order chi connectivity index (χ1) is 7.11. The summed E-state index contributed by atoms with van der Waals surface area (Å²) in [6.45, 7) is 0. The molecular weight excluding hydrogens is 226 g/mol. The Morgan fingerprint density at radius 3 is 2.73 bits per heavy atom. The van der Waals surface area contributed by atoms with Crippen LogP contribution in [0.3, 0.4) is 0 Å². The summed E-state index contributed by atoms with van der Waals surface area (Å²) in [5.41, 5.74) is -0.337. The molecule has 80 valence electrons. The maximum absolute atomic E-state index is 12.6. The van der Waals surface area contributed by atoms with Gasteiger partial charge in [-0.05, 0) is 0 Å². The quantitative estimate of drug-likeness (QED) is 0.815. The van der Waals surface area contributed by atoms with Gasteiger partial charge in [0.2, 0.25) is 0 Å². The lowest BCUT2D eigenvalue weighted by Crippen LogP contribution is -2.02. The highest BCUT2D eigenvalue weighted by molar-refractivity contribution is 6.17. The van der Waals surface area contributed by atoms with Crippen molar-refractivity contribution in [3.8, 4) is 11.8 Å². The first-order valence-corrected chi connectivity index (χ1v) is 4.56. The monoisotopic (exact) mass is 232 g/mol. The van der Waals surface area contributed by atoms with Crippen molar-refractivity contribution in [2.24, 2.45) is 0 Å². The van der Waals surface area contributed by atoms with Crippen molar-refractivity contribution in [2.75, 3.05) is 0 Å². The Hall–Kier alpha value is -1.41. The van der Waals surface area contributed by atoms with Gasteiger partial charge in [-0.15, -0.1) is 11.6 Å². The summed E-state index contributed by atoms with van der Waals surface area (Å²) in [4.78, 5) is 3.69. The molecule has 0 aliphatic heterocycles. The molecular formula is C9H7ClF2N2O. The predicted octanol–water partition coefficient (Wildman–Crippen LogP) is 2.53. The second-order valence-corrected chi connectivity index (χ2v) is 3.02. The van der Waals surface area contributed by atoms with E-state index in [0.29, 0.717) is 0 Å². The molecule has 0 atom stereocenters. The van der Waals surface area contributed by atoms with Gasteiger partial charge < -0.3 is 5.11 Å². The molecule has 0 saturated heterocycles. The first-order valence-electron chi connectivity index (χ1n) is 4.02. The summed E-state index contributed by atoms with van der Waals surface area (Å²) in [7, 11) is 0. The zero-order valence-corrected chi connectivity index (χ0v) is 8.30. The summed E-state index contributed by atoms with van der Waals surface area (Å²) in [5, 5.41) is 17.7. The number of hydrogen-bond acceptors (Lipinski definition) is 3. The third-order valence-electron chi connectivity index (χ3n) is 1.89. The van der Waals surface area contributed by atoms with Crippen molar-refractivity contribution in [1.82, 2.24) is 4.98 Å². The summed E-state index contributed by atoms with van der Waals surface area (Å²) in [5.74, 6) is -0.680. The molecule has 1 heterocycles. The number of rotatable bonds is 3. The van der Waals surface area contributed by atoms with Crippen LogP contribution in [0, 0.1) is 11.3 Å². The second kappa shape index (κ2) is 4.89. The number of aromatic nitrogens is 1. The SMILES string of the molecule is N#CCc1c(CCl)ncc(O)c1C(F)F. The van der Waals surface area contributed by atoms with Gasteiger partial charge >= 0.3 is 0 Å². The number of pyridine rings is 1. The molecule has 15 heavy (non-hydrogen) atoms. The lowest BCUT2D eigenvalue weighted by molar-refractivity contribution is 0.146. The lowest BCUT2D eigenvalue weighted by atomic mass is 10.0. The van der Waals surface area contributed by atoms with E-state index in [9.17, 15) is 13.9 Å². The third kappa shape index (κ3) is 2.34. The van der Waals surface area contributed by atoms with Gasteiger partial charge in [0.25, 0.3) is 6.43 Å². The minimum atomic E-state index is -2.85. The zero-order chi connectivity index (χ0) is 11.4.